The first-order chi connectivity index (χ1) is 23.7. The molecule has 0 aliphatic carbocycles. The number of para-hydroxylation sites is 2. The van der Waals surface area contributed by atoms with E-state index < -0.39 is 0 Å². The summed E-state index contributed by atoms with van der Waals surface area (Å²) in [4.78, 5) is 4.71. The molecular weight excluding hydrogens is 764 g/mol. The molecular formula is C43H32BN3Pt. The van der Waals surface area contributed by atoms with Gasteiger partial charge in [-0.2, -0.15) is 0 Å². The number of nitrogens with zero attached hydrogens (tertiary/aromatic N) is 3. The molecule has 0 fully saturated rings. The average Bonchev–Trinajstić information content (AvgIpc) is 3.42. The summed E-state index contributed by atoms with van der Waals surface area (Å²) in [5.74, 6) is 0. The van der Waals surface area contributed by atoms with Gasteiger partial charge in [-0.25, -0.2) is 0 Å². The molecule has 0 unspecified atom stereocenters. The van der Waals surface area contributed by atoms with Crippen LogP contribution in [0.3, 0.4) is 0 Å². The Morgan fingerprint density at radius 3 is 1.75 bits per heavy atom. The van der Waals surface area contributed by atoms with Crippen LogP contribution in [0.25, 0.3) is 50.2 Å². The number of benzene rings is 6. The van der Waals surface area contributed by atoms with E-state index >= 15 is 0 Å². The fourth-order valence-electron chi connectivity index (χ4n) is 6.90. The summed E-state index contributed by atoms with van der Waals surface area (Å²) in [5, 5.41) is 0. The molecule has 48 heavy (non-hydrogen) atoms. The molecule has 0 bridgehead atoms. The molecule has 232 valence electrons. The van der Waals surface area contributed by atoms with Crippen molar-refractivity contribution in [3.05, 3.63) is 180 Å². The topological polar surface area (TPSA) is 22.8 Å². The SMILES string of the molecule is Cn1[c](=[Pt])n(-c2cccc(B(c3cccc(-c4ccccn4)c3)c3c(-c4ccccc4)cccc3-c3ccccc3)c2)c2ccccc21. The summed E-state index contributed by atoms with van der Waals surface area (Å²) in [7, 11) is 2.14. The molecule has 2 aromatic heterocycles. The maximum atomic E-state index is 4.71. The normalized spacial score (nSPS) is 11.1. The zero-order valence-electron chi connectivity index (χ0n) is 26.5. The first-order valence-corrected chi connectivity index (χ1v) is 17.3. The van der Waals surface area contributed by atoms with Gasteiger partial charge in [0, 0.05) is 0 Å². The molecule has 0 saturated heterocycles. The second-order valence-electron chi connectivity index (χ2n) is 12.0. The molecule has 6 aromatic carbocycles. The van der Waals surface area contributed by atoms with Crippen molar-refractivity contribution in [2.75, 3.05) is 0 Å². The fourth-order valence-corrected chi connectivity index (χ4v) is 7.74. The molecule has 3 nitrogen and oxygen atoms in total. The van der Waals surface area contributed by atoms with Crippen molar-refractivity contribution in [1.82, 2.24) is 14.1 Å². The summed E-state index contributed by atoms with van der Waals surface area (Å²) < 4.78 is 5.77. The second-order valence-corrected chi connectivity index (χ2v) is 13.0. The molecule has 0 spiro atoms. The van der Waals surface area contributed by atoms with E-state index in [1.54, 1.807) is 0 Å². The Hall–Kier alpha value is -5.31. The molecule has 8 rings (SSSR count). The summed E-state index contributed by atoms with van der Waals surface area (Å²) in [6, 6.07) is 61.1. The summed E-state index contributed by atoms with van der Waals surface area (Å²) in [6.45, 7) is -0.0753. The van der Waals surface area contributed by atoms with E-state index in [0.717, 1.165) is 20.7 Å². The number of fused-ring (bicyclic) bond motifs is 1. The van der Waals surface area contributed by atoms with Gasteiger partial charge in [-0.3, -0.25) is 0 Å². The molecule has 0 atom stereocenters. The van der Waals surface area contributed by atoms with Crippen LogP contribution in [0.5, 0.6) is 0 Å². The van der Waals surface area contributed by atoms with E-state index in [-0.39, 0.29) is 6.71 Å². The summed E-state index contributed by atoms with van der Waals surface area (Å²) in [5.41, 5.74) is 14.2. The predicted molar refractivity (Wildman–Crippen MR) is 197 cm³/mol. The van der Waals surface area contributed by atoms with E-state index in [9.17, 15) is 0 Å². The minimum absolute atomic E-state index is 0.0753. The standard InChI is InChI=1S/C43H32BN3.Pt/c1-46-31-47(42-27-9-8-26-41(42)46)37-22-13-21-36(30-37)44(35-20-12-19-34(29-35)40-25-10-11-28-45-40)43-38(32-15-4-2-5-16-32)23-14-24-39(43)33-17-6-3-7-18-33;/h2-30H,1H3;. The Bertz CT molecular complexity index is 2380. The quantitative estimate of drug-likeness (QED) is 0.150. The number of hydrogen-bond acceptors (Lipinski definition) is 1. The van der Waals surface area contributed by atoms with Crippen molar-refractivity contribution in [3.8, 4) is 39.2 Å². The van der Waals surface area contributed by atoms with Gasteiger partial charge in [0.25, 0.3) is 0 Å². The summed E-state index contributed by atoms with van der Waals surface area (Å²) in [6.07, 6.45) is 1.87. The first-order valence-electron chi connectivity index (χ1n) is 16.1. The molecule has 8 aromatic rings. The zero-order chi connectivity index (χ0) is 32.5. The van der Waals surface area contributed by atoms with Crippen molar-refractivity contribution in [2.45, 2.75) is 0 Å². The third-order valence-electron chi connectivity index (χ3n) is 9.12. The van der Waals surface area contributed by atoms with Gasteiger partial charge in [-0.05, 0) is 6.07 Å². The fraction of sp³-hybridized carbons (Fsp3) is 0.0233. The molecule has 0 aliphatic rings. The van der Waals surface area contributed by atoms with Crippen molar-refractivity contribution in [2.24, 2.45) is 7.05 Å². The van der Waals surface area contributed by atoms with E-state index in [0.29, 0.717) is 0 Å². The number of aryl methyl sites for hydroxylation is 1. The Kier molecular flexibility index (Phi) is 8.18. The van der Waals surface area contributed by atoms with E-state index in [1.807, 2.05) is 12.3 Å². The van der Waals surface area contributed by atoms with Gasteiger partial charge in [0.05, 0.1) is 0 Å². The van der Waals surface area contributed by atoms with Crippen LogP contribution in [0, 0.1) is 3.80 Å². The van der Waals surface area contributed by atoms with Gasteiger partial charge in [0.1, 0.15) is 0 Å². The molecule has 0 N–H and O–H groups in total. The summed E-state index contributed by atoms with van der Waals surface area (Å²) >= 11 is 2.45. The molecule has 0 amide bonds. The second kappa shape index (κ2) is 13.1. The van der Waals surface area contributed by atoms with Crippen molar-refractivity contribution in [1.29, 1.82) is 0 Å². The molecule has 2 heterocycles. The van der Waals surface area contributed by atoms with Crippen LogP contribution in [-0.4, -0.2) is 20.8 Å². The molecule has 0 radical (unpaired) electrons. The third-order valence-corrected chi connectivity index (χ3v) is 10.4. The number of rotatable bonds is 7. The van der Waals surface area contributed by atoms with Crippen molar-refractivity contribution >= 4 is 34.1 Å². The third kappa shape index (κ3) is 5.53. The Balaban J connectivity index is 1.43. The predicted octanol–water partition coefficient (Wildman–Crippen LogP) is 7.96. The van der Waals surface area contributed by atoms with Gasteiger partial charge in [0.15, 0.2) is 0 Å². The van der Waals surface area contributed by atoms with Crippen molar-refractivity contribution < 1.29 is 19.4 Å². The van der Waals surface area contributed by atoms with Crippen LogP contribution >= 0.6 is 0 Å². The van der Waals surface area contributed by atoms with Gasteiger partial charge >= 0.3 is 288 Å². The van der Waals surface area contributed by atoms with E-state index in [1.165, 1.54) is 49.7 Å². The van der Waals surface area contributed by atoms with Crippen LogP contribution in [-0.2, 0) is 26.4 Å². The number of pyridine rings is 1. The van der Waals surface area contributed by atoms with Gasteiger partial charge in [-0.1, -0.05) is 0 Å². The zero-order valence-corrected chi connectivity index (χ0v) is 28.8. The number of hydrogen-bond donors (Lipinski definition) is 0. The van der Waals surface area contributed by atoms with Crippen LogP contribution in [0.2, 0.25) is 0 Å². The molecule has 5 heteroatoms. The van der Waals surface area contributed by atoms with Crippen LogP contribution in [0.15, 0.2) is 176 Å². The van der Waals surface area contributed by atoms with E-state index in [2.05, 4.69) is 199 Å². The average molecular weight is 797 g/mol. The van der Waals surface area contributed by atoms with Gasteiger partial charge in [-0.15, -0.1) is 0 Å². The van der Waals surface area contributed by atoms with Crippen LogP contribution in [0.4, 0.5) is 0 Å². The Morgan fingerprint density at radius 2 is 1.08 bits per heavy atom. The van der Waals surface area contributed by atoms with Crippen molar-refractivity contribution in [3.63, 3.8) is 0 Å². The number of aromatic nitrogens is 3. The monoisotopic (exact) mass is 796 g/mol. The maximum absolute atomic E-state index is 4.71. The Labute approximate surface area is 292 Å². The number of imidazole rings is 1. The van der Waals surface area contributed by atoms with Crippen LogP contribution in [0.1, 0.15) is 0 Å². The van der Waals surface area contributed by atoms with Crippen LogP contribution < -0.4 is 16.4 Å². The van der Waals surface area contributed by atoms with Gasteiger partial charge in [0.2, 0.25) is 0 Å². The molecule has 0 saturated carbocycles. The first kappa shape index (κ1) is 30.1. The van der Waals surface area contributed by atoms with Gasteiger partial charge < -0.3 is 0 Å². The minimum atomic E-state index is -0.0753. The molecule has 0 aliphatic heterocycles. The van der Waals surface area contributed by atoms with E-state index in [4.69, 9.17) is 4.98 Å². The Morgan fingerprint density at radius 1 is 0.521 bits per heavy atom.